The molecule has 0 atom stereocenters. The van der Waals surface area contributed by atoms with Crippen molar-refractivity contribution in [3.8, 4) is 0 Å². The van der Waals surface area contributed by atoms with Gasteiger partial charge in [0.2, 0.25) is 5.91 Å². The van der Waals surface area contributed by atoms with Crippen LogP contribution in [0.4, 0.5) is 0 Å². The van der Waals surface area contributed by atoms with Crippen molar-refractivity contribution in [2.45, 2.75) is 39.2 Å². The zero-order valence-electron chi connectivity index (χ0n) is 11.0. The van der Waals surface area contributed by atoms with E-state index in [4.69, 9.17) is 0 Å². The van der Waals surface area contributed by atoms with Crippen LogP contribution < -0.4 is 10.6 Å². The van der Waals surface area contributed by atoms with Crippen LogP contribution in [-0.4, -0.2) is 25.0 Å². The molecule has 0 aliphatic carbocycles. The normalized spacial score (nSPS) is 10.9. The molecule has 3 nitrogen and oxygen atoms in total. The van der Waals surface area contributed by atoms with Gasteiger partial charge in [-0.25, -0.2) is 0 Å². The number of hydrogen-bond acceptors (Lipinski definition) is 3. The number of rotatable bonds is 8. The lowest BCUT2D eigenvalue weighted by molar-refractivity contribution is -0.121. The molecule has 0 bridgehead atoms. The number of halogens is 1. The minimum Gasteiger partial charge on any atom is -0.352 e. The molecular formula is C13H21BrN2OS. The van der Waals surface area contributed by atoms with Gasteiger partial charge in [-0.05, 0) is 47.3 Å². The highest BCUT2D eigenvalue weighted by Gasteiger charge is 2.07. The van der Waals surface area contributed by atoms with E-state index >= 15 is 0 Å². The van der Waals surface area contributed by atoms with Crippen molar-refractivity contribution >= 4 is 33.2 Å². The van der Waals surface area contributed by atoms with E-state index in [0.717, 1.165) is 29.6 Å². The van der Waals surface area contributed by atoms with Gasteiger partial charge in [0.15, 0.2) is 0 Å². The van der Waals surface area contributed by atoms with Crippen molar-refractivity contribution in [3.05, 3.63) is 20.8 Å². The molecule has 1 aromatic heterocycles. The van der Waals surface area contributed by atoms with E-state index in [1.165, 1.54) is 4.88 Å². The van der Waals surface area contributed by atoms with Gasteiger partial charge in [-0.1, -0.05) is 13.8 Å². The maximum atomic E-state index is 11.6. The maximum absolute atomic E-state index is 11.6. The Bertz CT molecular complexity index is 364. The molecule has 0 aromatic carbocycles. The van der Waals surface area contributed by atoms with Crippen LogP contribution in [-0.2, 0) is 11.2 Å². The number of carbonyl (C=O) groups excluding carboxylic acids is 1. The first-order valence-electron chi connectivity index (χ1n) is 6.40. The van der Waals surface area contributed by atoms with Gasteiger partial charge in [-0.15, -0.1) is 11.3 Å². The van der Waals surface area contributed by atoms with Gasteiger partial charge < -0.3 is 10.6 Å². The summed E-state index contributed by atoms with van der Waals surface area (Å²) in [6, 6.07) is 4.48. The highest BCUT2D eigenvalue weighted by atomic mass is 79.9. The fraction of sp³-hybridized carbons (Fsp3) is 0.615. The summed E-state index contributed by atoms with van der Waals surface area (Å²) in [6.07, 6.45) is 2.95. The minimum absolute atomic E-state index is 0.0936. The van der Waals surface area contributed by atoms with E-state index in [9.17, 15) is 4.79 Å². The van der Waals surface area contributed by atoms with E-state index in [1.54, 1.807) is 11.3 Å². The topological polar surface area (TPSA) is 41.1 Å². The summed E-state index contributed by atoms with van der Waals surface area (Å²) in [5.41, 5.74) is 0. The lowest BCUT2D eigenvalue weighted by Gasteiger charge is -2.14. The zero-order valence-corrected chi connectivity index (χ0v) is 13.4. The molecule has 0 spiro atoms. The maximum Gasteiger partial charge on any atom is 0.234 e. The molecule has 0 unspecified atom stereocenters. The van der Waals surface area contributed by atoms with Gasteiger partial charge in [0.1, 0.15) is 0 Å². The van der Waals surface area contributed by atoms with Crippen LogP contribution in [0.5, 0.6) is 0 Å². The van der Waals surface area contributed by atoms with Gasteiger partial charge in [-0.2, -0.15) is 0 Å². The molecule has 2 N–H and O–H groups in total. The van der Waals surface area contributed by atoms with Gasteiger partial charge >= 0.3 is 0 Å². The summed E-state index contributed by atoms with van der Waals surface area (Å²) in [6.45, 7) is 5.43. The minimum atomic E-state index is 0.0936. The Kier molecular flexibility index (Phi) is 7.54. The van der Waals surface area contributed by atoms with Gasteiger partial charge in [0.05, 0.1) is 10.3 Å². The standard InChI is InChI=1S/C13H21BrN2OS/c1-3-10(4-2)16-13(17)9-15-8-7-11-5-6-12(14)18-11/h5-6,10,15H,3-4,7-9H2,1-2H3,(H,16,17). The van der Waals surface area contributed by atoms with Gasteiger partial charge in [-0.3, -0.25) is 4.79 Å². The Balaban J connectivity index is 2.12. The third-order valence-electron chi connectivity index (χ3n) is 2.81. The Hall–Kier alpha value is -0.390. The number of hydrogen-bond donors (Lipinski definition) is 2. The van der Waals surface area contributed by atoms with Crippen LogP contribution in [0.25, 0.3) is 0 Å². The Morgan fingerprint density at radius 3 is 2.67 bits per heavy atom. The summed E-state index contributed by atoms with van der Waals surface area (Å²) in [5, 5.41) is 6.19. The largest absolute Gasteiger partial charge is 0.352 e. The molecule has 0 saturated carbocycles. The second-order valence-corrected chi connectivity index (χ2v) is 6.76. The fourth-order valence-electron chi connectivity index (χ4n) is 1.67. The highest BCUT2D eigenvalue weighted by molar-refractivity contribution is 9.11. The second kappa shape index (κ2) is 8.67. The molecule has 102 valence electrons. The average molecular weight is 333 g/mol. The Morgan fingerprint density at radius 2 is 2.11 bits per heavy atom. The number of carbonyl (C=O) groups is 1. The molecule has 0 saturated heterocycles. The van der Waals surface area contributed by atoms with Gasteiger partial charge in [0, 0.05) is 17.5 Å². The van der Waals surface area contributed by atoms with Crippen molar-refractivity contribution in [1.29, 1.82) is 0 Å². The average Bonchev–Trinajstić information content (AvgIpc) is 2.77. The first-order valence-corrected chi connectivity index (χ1v) is 8.01. The van der Waals surface area contributed by atoms with Crippen LogP contribution in [0.1, 0.15) is 31.6 Å². The smallest absolute Gasteiger partial charge is 0.234 e. The van der Waals surface area contributed by atoms with Crippen LogP contribution in [0.15, 0.2) is 15.9 Å². The molecule has 0 fully saturated rings. The molecule has 18 heavy (non-hydrogen) atoms. The molecule has 0 aliphatic heterocycles. The Labute approximate surface area is 121 Å². The SMILES string of the molecule is CCC(CC)NC(=O)CNCCc1ccc(Br)s1. The molecule has 0 radical (unpaired) electrons. The summed E-state index contributed by atoms with van der Waals surface area (Å²) in [5.74, 6) is 0.0936. The molecule has 0 aliphatic rings. The van der Waals surface area contributed by atoms with Crippen LogP contribution in [0, 0.1) is 0 Å². The molecule has 1 heterocycles. The molecular weight excluding hydrogens is 312 g/mol. The number of thiophene rings is 1. The fourth-order valence-corrected chi connectivity index (χ4v) is 3.15. The highest BCUT2D eigenvalue weighted by Crippen LogP contribution is 2.21. The van der Waals surface area contributed by atoms with Crippen molar-refractivity contribution in [1.82, 2.24) is 10.6 Å². The van der Waals surface area contributed by atoms with E-state index in [2.05, 4.69) is 52.5 Å². The second-order valence-electron chi connectivity index (χ2n) is 4.21. The third kappa shape index (κ3) is 5.98. The van der Waals surface area contributed by atoms with Crippen molar-refractivity contribution < 1.29 is 4.79 Å². The lowest BCUT2D eigenvalue weighted by atomic mass is 10.2. The molecule has 5 heteroatoms. The van der Waals surface area contributed by atoms with Crippen LogP contribution in [0.3, 0.4) is 0 Å². The monoisotopic (exact) mass is 332 g/mol. The summed E-state index contributed by atoms with van der Waals surface area (Å²) >= 11 is 5.18. The van der Waals surface area contributed by atoms with E-state index in [0.29, 0.717) is 12.6 Å². The van der Waals surface area contributed by atoms with E-state index in [-0.39, 0.29) is 5.91 Å². The predicted octanol–water partition coefficient (Wildman–Crippen LogP) is 2.95. The Morgan fingerprint density at radius 1 is 1.39 bits per heavy atom. The number of nitrogens with one attached hydrogen (secondary N) is 2. The predicted molar refractivity (Wildman–Crippen MR) is 81.1 cm³/mol. The van der Waals surface area contributed by atoms with Crippen molar-refractivity contribution in [2.24, 2.45) is 0 Å². The quantitative estimate of drug-likeness (QED) is 0.718. The number of amides is 1. The summed E-state index contributed by atoms with van der Waals surface area (Å²) in [7, 11) is 0. The molecule has 1 rings (SSSR count). The zero-order chi connectivity index (χ0) is 13.4. The van der Waals surface area contributed by atoms with Crippen molar-refractivity contribution in [3.63, 3.8) is 0 Å². The van der Waals surface area contributed by atoms with Crippen LogP contribution >= 0.6 is 27.3 Å². The van der Waals surface area contributed by atoms with Crippen LogP contribution in [0.2, 0.25) is 0 Å². The lowest BCUT2D eigenvalue weighted by Crippen LogP contribution is -2.40. The third-order valence-corrected chi connectivity index (χ3v) is 4.50. The first kappa shape index (κ1) is 15.7. The van der Waals surface area contributed by atoms with E-state index < -0.39 is 0 Å². The summed E-state index contributed by atoms with van der Waals surface area (Å²) < 4.78 is 1.16. The summed E-state index contributed by atoms with van der Waals surface area (Å²) in [4.78, 5) is 12.9. The van der Waals surface area contributed by atoms with Crippen molar-refractivity contribution in [2.75, 3.05) is 13.1 Å². The van der Waals surface area contributed by atoms with Gasteiger partial charge in [0.25, 0.3) is 0 Å². The first-order chi connectivity index (χ1) is 8.65. The molecule has 1 amide bonds. The molecule has 1 aromatic rings. The van der Waals surface area contributed by atoms with E-state index in [1.807, 2.05) is 0 Å².